The Morgan fingerprint density at radius 2 is 0.800 bits per heavy atom. The number of rotatable bonds is 12. The Morgan fingerprint density at radius 3 is 0.950 bits per heavy atom. The van der Waals surface area contributed by atoms with E-state index in [-0.39, 0.29) is 5.04 Å². The fourth-order valence-corrected chi connectivity index (χ4v) is 11.2. The van der Waals surface area contributed by atoms with Gasteiger partial charge >= 0.3 is 27.9 Å². The van der Waals surface area contributed by atoms with Crippen LogP contribution < -0.4 is 0 Å². The van der Waals surface area contributed by atoms with Crippen molar-refractivity contribution < 1.29 is 26.6 Å². The molecule has 0 bridgehead atoms. The second-order valence-corrected chi connectivity index (χ2v) is 13.9. The molecule has 0 aliphatic rings. The van der Waals surface area contributed by atoms with Gasteiger partial charge in [-0.25, -0.2) is 0 Å². The van der Waals surface area contributed by atoms with Gasteiger partial charge in [-0.1, -0.05) is 0 Å². The maximum absolute atomic E-state index is 5.50. The van der Waals surface area contributed by atoms with Crippen molar-refractivity contribution in [1.82, 2.24) is 0 Å². The average molecular weight is 359 g/mol. The van der Waals surface area contributed by atoms with E-state index in [2.05, 4.69) is 0 Å². The highest BCUT2D eigenvalue weighted by atomic mass is 28.3. The van der Waals surface area contributed by atoms with Crippen molar-refractivity contribution in [2.75, 3.05) is 42.7 Å². The van der Waals surface area contributed by atoms with E-state index < -0.39 is 27.9 Å². The van der Waals surface area contributed by atoms with E-state index in [0.717, 1.165) is 28.4 Å². The molecule has 0 saturated carbocycles. The van der Waals surface area contributed by atoms with Crippen molar-refractivity contribution >= 4 is 38.1 Å². The van der Waals surface area contributed by atoms with Gasteiger partial charge in [0.1, 0.15) is 0 Å². The van der Waals surface area contributed by atoms with Crippen LogP contribution >= 0.6 is 0 Å². The SMILES string of the molecule is CO[SiH](CC([SiH3])(C[SiH](OC)OC)C[SiH](OC)OC)OC. The number of hydrogen-bond acceptors (Lipinski definition) is 6. The highest BCUT2D eigenvalue weighted by Crippen LogP contribution is 2.41. The van der Waals surface area contributed by atoms with Gasteiger partial charge in [0, 0.05) is 52.9 Å². The van der Waals surface area contributed by atoms with Gasteiger partial charge < -0.3 is 26.6 Å². The van der Waals surface area contributed by atoms with Gasteiger partial charge in [0.25, 0.3) is 0 Å². The third-order valence-electron chi connectivity index (χ3n) is 3.56. The summed E-state index contributed by atoms with van der Waals surface area (Å²) < 4.78 is 33.0. The van der Waals surface area contributed by atoms with Crippen LogP contribution in [0.15, 0.2) is 0 Å². The summed E-state index contributed by atoms with van der Waals surface area (Å²) in [5.74, 6) is 0. The highest BCUT2D eigenvalue weighted by Gasteiger charge is 2.37. The van der Waals surface area contributed by atoms with Crippen molar-refractivity contribution in [1.29, 1.82) is 0 Å². The maximum atomic E-state index is 5.50. The lowest BCUT2D eigenvalue weighted by Crippen LogP contribution is -2.36. The van der Waals surface area contributed by atoms with Crippen LogP contribution in [0.4, 0.5) is 0 Å². The molecule has 0 saturated heterocycles. The van der Waals surface area contributed by atoms with Crippen molar-refractivity contribution in [2.24, 2.45) is 0 Å². The smallest absolute Gasteiger partial charge is 0.321 e. The monoisotopic (exact) mass is 358 g/mol. The Hall–Kier alpha value is 0.628. The van der Waals surface area contributed by atoms with Crippen LogP contribution in [0.3, 0.4) is 0 Å². The Bertz CT molecular complexity index is 200. The molecule has 0 spiro atoms. The largest absolute Gasteiger partial charge is 0.400 e. The summed E-state index contributed by atoms with van der Waals surface area (Å²) in [7, 11) is 6.51. The third-order valence-corrected chi connectivity index (χ3v) is 14.3. The fourth-order valence-electron chi connectivity index (χ4n) is 2.25. The van der Waals surface area contributed by atoms with Gasteiger partial charge in [0.2, 0.25) is 0 Å². The van der Waals surface area contributed by atoms with E-state index in [0.29, 0.717) is 0 Å². The molecule has 0 aromatic heterocycles. The molecule has 0 heterocycles. The van der Waals surface area contributed by atoms with E-state index in [1.54, 1.807) is 42.7 Å². The predicted molar refractivity (Wildman–Crippen MR) is 90.6 cm³/mol. The quantitative estimate of drug-likeness (QED) is 0.419. The lowest BCUT2D eigenvalue weighted by molar-refractivity contribution is 0.253. The molecule has 0 aliphatic carbocycles. The first-order valence-electron chi connectivity index (χ1n) is 6.65. The molecule has 122 valence electrons. The van der Waals surface area contributed by atoms with Crippen LogP contribution in [-0.2, 0) is 26.6 Å². The predicted octanol–water partition coefficient (Wildman–Crippen LogP) is -0.950. The van der Waals surface area contributed by atoms with Crippen LogP contribution in [-0.4, -0.2) is 80.8 Å². The van der Waals surface area contributed by atoms with Crippen LogP contribution in [0.5, 0.6) is 0 Å². The van der Waals surface area contributed by atoms with E-state index in [4.69, 9.17) is 26.6 Å². The van der Waals surface area contributed by atoms with Crippen molar-refractivity contribution in [3.63, 3.8) is 0 Å². The van der Waals surface area contributed by atoms with Gasteiger partial charge in [-0.2, -0.15) is 0 Å². The van der Waals surface area contributed by atoms with Crippen molar-refractivity contribution in [3.8, 4) is 0 Å². The molecule has 10 heteroatoms. The maximum Gasteiger partial charge on any atom is 0.321 e. The molecule has 0 N–H and O–H groups in total. The van der Waals surface area contributed by atoms with Crippen LogP contribution in [0, 0.1) is 0 Å². The number of hydrogen-bond donors (Lipinski definition) is 0. The minimum absolute atomic E-state index is 0.148. The second-order valence-electron chi connectivity index (χ2n) is 5.13. The molecule has 0 fully saturated rings. The van der Waals surface area contributed by atoms with Crippen molar-refractivity contribution in [2.45, 2.75) is 23.2 Å². The first-order valence-corrected chi connectivity index (χ1v) is 12.9. The molecule has 0 aliphatic heterocycles. The zero-order valence-electron chi connectivity index (χ0n) is 13.8. The van der Waals surface area contributed by atoms with E-state index in [1.165, 1.54) is 0 Å². The van der Waals surface area contributed by atoms with Gasteiger partial charge in [-0.15, -0.1) is 0 Å². The minimum atomic E-state index is -1.62. The van der Waals surface area contributed by atoms with Crippen LogP contribution in [0.25, 0.3) is 0 Å². The molecule has 20 heavy (non-hydrogen) atoms. The summed E-state index contributed by atoms with van der Waals surface area (Å²) in [4.78, 5) is 0. The molecule has 0 amide bonds. The molecule has 0 radical (unpaired) electrons. The summed E-state index contributed by atoms with van der Waals surface area (Å²) in [5.41, 5.74) is 0. The first-order chi connectivity index (χ1) is 9.48. The van der Waals surface area contributed by atoms with Gasteiger partial charge in [0.15, 0.2) is 0 Å². The summed E-state index contributed by atoms with van der Waals surface area (Å²) in [6.07, 6.45) is 0. The van der Waals surface area contributed by atoms with E-state index in [1.807, 2.05) is 0 Å². The Kier molecular flexibility index (Phi) is 11.6. The fraction of sp³-hybridized carbons (Fsp3) is 1.00. The van der Waals surface area contributed by atoms with Crippen LogP contribution in [0.1, 0.15) is 0 Å². The Balaban J connectivity index is 4.89. The second kappa shape index (κ2) is 11.2. The molecular weight excluding hydrogens is 328 g/mol. The molecule has 0 aromatic carbocycles. The lowest BCUT2D eigenvalue weighted by Gasteiger charge is -2.34. The Labute approximate surface area is 131 Å². The third kappa shape index (κ3) is 7.58. The molecular formula is C10H30O6Si4. The molecule has 6 nitrogen and oxygen atoms in total. The summed E-state index contributed by atoms with van der Waals surface area (Å²) in [6.45, 7) is 0. The zero-order chi connectivity index (χ0) is 15.6. The molecule has 0 atom stereocenters. The Morgan fingerprint density at radius 1 is 0.600 bits per heavy atom. The van der Waals surface area contributed by atoms with Crippen molar-refractivity contribution in [3.05, 3.63) is 0 Å². The lowest BCUT2D eigenvalue weighted by atomic mass is 10.2. The average Bonchev–Trinajstić information content (AvgIpc) is 2.48. The van der Waals surface area contributed by atoms with Crippen LogP contribution in [0.2, 0.25) is 23.2 Å². The summed E-state index contributed by atoms with van der Waals surface area (Å²) >= 11 is 0. The van der Waals surface area contributed by atoms with E-state index >= 15 is 0 Å². The standard InChI is InChI=1S/C10H30O6Si4/c1-11-18(12-2)7-10(17,8-19(13-3)14-4)9-20(15-5)16-6/h18-20H,7-9H2,1-6,17H3. The highest BCUT2D eigenvalue weighted by molar-refractivity contribution is 6.53. The normalized spacial score (nSPS) is 13.1. The van der Waals surface area contributed by atoms with Gasteiger partial charge in [-0.3, -0.25) is 0 Å². The molecule has 0 unspecified atom stereocenters. The zero-order valence-corrected chi connectivity index (χ0v) is 19.3. The van der Waals surface area contributed by atoms with Gasteiger partial charge in [-0.05, 0) is 23.2 Å². The first kappa shape index (κ1) is 20.6. The topological polar surface area (TPSA) is 55.4 Å². The minimum Gasteiger partial charge on any atom is -0.400 e. The van der Waals surface area contributed by atoms with Gasteiger partial charge in [0.05, 0.1) is 0 Å². The summed E-state index contributed by atoms with van der Waals surface area (Å²) in [5, 5.41) is 0.148. The molecule has 0 rings (SSSR count). The summed E-state index contributed by atoms with van der Waals surface area (Å²) in [6, 6.07) is 2.87. The molecule has 0 aromatic rings. The van der Waals surface area contributed by atoms with E-state index in [9.17, 15) is 0 Å².